The number of esters is 1. The van der Waals surface area contributed by atoms with Crippen LogP contribution in [0.2, 0.25) is 0 Å². The summed E-state index contributed by atoms with van der Waals surface area (Å²) < 4.78 is 30.7. The van der Waals surface area contributed by atoms with Crippen molar-refractivity contribution in [1.29, 1.82) is 0 Å². The fourth-order valence-electron chi connectivity index (χ4n) is 2.66. The van der Waals surface area contributed by atoms with Gasteiger partial charge in [-0.05, 0) is 26.0 Å². The van der Waals surface area contributed by atoms with Crippen LogP contribution < -0.4 is 0 Å². The Kier molecular flexibility index (Phi) is 6.32. The Morgan fingerprint density at radius 2 is 1.58 bits per heavy atom. The van der Waals surface area contributed by atoms with Crippen LogP contribution in [0.5, 0.6) is 0 Å². The van der Waals surface area contributed by atoms with Gasteiger partial charge in [0.2, 0.25) is 0 Å². The zero-order chi connectivity index (χ0) is 19.3. The van der Waals surface area contributed by atoms with Gasteiger partial charge in [0.05, 0.1) is 16.6 Å². The molecule has 0 aromatic heterocycles. The molecule has 0 spiro atoms. The number of hydrogen-bond acceptors (Lipinski definition) is 5. The van der Waals surface area contributed by atoms with E-state index in [4.69, 9.17) is 4.74 Å². The molecule has 0 unspecified atom stereocenters. The Morgan fingerprint density at radius 3 is 2.12 bits per heavy atom. The highest BCUT2D eigenvalue weighted by atomic mass is 32.2. The standard InChI is InChI=1S/C20H22O5S/c1-14-9-11-18(12-10-14)26(23,24)13-19(15(2)25-16(3)21)20(22)17-7-5-4-6-8-17/h4-12,15,19H,13H2,1-3H3/t15-,19+/m0/s1. The topological polar surface area (TPSA) is 77.5 Å². The highest BCUT2D eigenvalue weighted by molar-refractivity contribution is 7.91. The predicted molar refractivity (Wildman–Crippen MR) is 98.7 cm³/mol. The number of sulfone groups is 1. The van der Waals surface area contributed by atoms with Crippen LogP contribution in [0.1, 0.15) is 29.8 Å². The van der Waals surface area contributed by atoms with Crippen LogP contribution in [0.4, 0.5) is 0 Å². The molecule has 0 fully saturated rings. The smallest absolute Gasteiger partial charge is 0.302 e. The lowest BCUT2D eigenvalue weighted by molar-refractivity contribution is -0.146. The second-order valence-electron chi connectivity index (χ2n) is 6.25. The first-order valence-corrected chi connectivity index (χ1v) is 9.92. The Morgan fingerprint density at radius 1 is 1.00 bits per heavy atom. The first kappa shape index (κ1) is 19.8. The van der Waals surface area contributed by atoms with Crippen LogP contribution in [-0.2, 0) is 19.4 Å². The number of ether oxygens (including phenoxy) is 1. The van der Waals surface area contributed by atoms with Crippen molar-refractivity contribution in [3.05, 3.63) is 65.7 Å². The molecule has 26 heavy (non-hydrogen) atoms. The number of carbonyl (C=O) groups excluding carboxylic acids is 2. The van der Waals surface area contributed by atoms with E-state index in [2.05, 4.69) is 0 Å². The zero-order valence-corrected chi connectivity index (χ0v) is 15.8. The molecule has 138 valence electrons. The molecule has 5 nitrogen and oxygen atoms in total. The van der Waals surface area contributed by atoms with E-state index in [1.165, 1.54) is 26.0 Å². The van der Waals surface area contributed by atoms with Crippen LogP contribution in [-0.4, -0.2) is 32.0 Å². The van der Waals surface area contributed by atoms with Gasteiger partial charge < -0.3 is 4.74 Å². The Balaban J connectivity index is 2.35. The summed E-state index contributed by atoms with van der Waals surface area (Å²) in [6.45, 7) is 4.63. The molecule has 6 heteroatoms. The number of benzene rings is 2. The van der Waals surface area contributed by atoms with E-state index in [0.717, 1.165) is 5.56 Å². The van der Waals surface area contributed by atoms with Gasteiger partial charge in [-0.2, -0.15) is 0 Å². The van der Waals surface area contributed by atoms with Crippen molar-refractivity contribution in [2.45, 2.75) is 31.8 Å². The van der Waals surface area contributed by atoms with Gasteiger partial charge in [0.25, 0.3) is 0 Å². The molecular formula is C20H22O5S. The van der Waals surface area contributed by atoms with Gasteiger partial charge >= 0.3 is 5.97 Å². The highest BCUT2D eigenvalue weighted by Gasteiger charge is 2.33. The van der Waals surface area contributed by atoms with Crippen molar-refractivity contribution in [2.75, 3.05) is 5.75 Å². The average Bonchev–Trinajstić information content (AvgIpc) is 2.59. The molecule has 0 saturated heterocycles. The fourth-order valence-corrected chi connectivity index (χ4v) is 4.30. The van der Waals surface area contributed by atoms with Gasteiger partial charge in [-0.3, -0.25) is 9.59 Å². The second kappa shape index (κ2) is 8.27. The molecule has 2 rings (SSSR count). The molecule has 2 atom stereocenters. The molecule has 0 bridgehead atoms. The molecule has 0 aliphatic carbocycles. The van der Waals surface area contributed by atoms with Crippen molar-refractivity contribution in [1.82, 2.24) is 0 Å². The minimum absolute atomic E-state index is 0.143. The van der Waals surface area contributed by atoms with E-state index in [0.29, 0.717) is 5.56 Å². The SMILES string of the molecule is CC(=O)O[C@@H](C)[C@@H](CS(=O)(=O)c1ccc(C)cc1)C(=O)c1ccccc1. The van der Waals surface area contributed by atoms with E-state index in [1.54, 1.807) is 42.5 Å². The predicted octanol–water partition coefficient (Wildman–Crippen LogP) is 3.22. The van der Waals surface area contributed by atoms with E-state index < -0.39 is 33.6 Å². The van der Waals surface area contributed by atoms with Crippen molar-refractivity contribution in [2.24, 2.45) is 5.92 Å². The van der Waals surface area contributed by atoms with Crippen LogP contribution >= 0.6 is 0 Å². The van der Waals surface area contributed by atoms with Crippen molar-refractivity contribution < 1.29 is 22.7 Å². The van der Waals surface area contributed by atoms with E-state index in [1.807, 2.05) is 6.92 Å². The van der Waals surface area contributed by atoms with Gasteiger partial charge in [-0.25, -0.2) is 8.42 Å². The minimum atomic E-state index is -3.72. The van der Waals surface area contributed by atoms with Gasteiger partial charge in [0, 0.05) is 12.5 Å². The summed E-state index contributed by atoms with van der Waals surface area (Å²) >= 11 is 0. The van der Waals surface area contributed by atoms with Crippen LogP contribution in [0, 0.1) is 12.8 Å². The maximum absolute atomic E-state index is 12.9. The Bertz CT molecular complexity index is 870. The molecule has 2 aromatic rings. The molecule has 0 saturated carbocycles. The van der Waals surface area contributed by atoms with E-state index in [-0.39, 0.29) is 10.7 Å². The summed E-state index contributed by atoms with van der Waals surface area (Å²) in [4.78, 5) is 24.3. The summed E-state index contributed by atoms with van der Waals surface area (Å²) in [5.74, 6) is -2.35. The van der Waals surface area contributed by atoms with Crippen LogP contribution in [0.3, 0.4) is 0 Å². The molecule has 2 aromatic carbocycles. The molecular weight excluding hydrogens is 352 g/mol. The van der Waals surface area contributed by atoms with Crippen LogP contribution in [0.15, 0.2) is 59.5 Å². The fraction of sp³-hybridized carbons (Fsp3) is 0.300. The minimum Gasteiger partial charge on any atom is -0.462 e. The lowest BCUT2D eigenvalue weighted by atomic mass is 9.95. The maximum atomic E-state index is 12.9. The maximum Gasteiger partial charge on any atom is 0.302 e. The first-order chi connectivity index (χ1) is 12.2. The van der Waals surface area contributed by atoms with E-state index in [9.17, 15) is 18.0 Å². The van der Waals surface area contributed by atoms with Crippen molar-refractivity contribution in [3.8, 4) is 0 Å². The normalized spacial score (nSPS) is 13.7. The third-order valence-electron chi connectivity index (χ3n) is 4.09. The second-order valence-corrected chi connectivity index (χ2v) is 8.28. The molecule has 0 aliphatic heterocycles. The summed E-state index contributed by atoms with van der Waals surface area (Å²) in [7, 11) is -3.72. The number of hydrogen-bond donors (Lipinski definition) is 0. The number of rotatable bonds is 7. The van der Waals surface area contributed by atoms with Gasteiger partial charge in [0.15, 0.2) is 15.6 Å². The lowest BCUT2D eigenvalue weighted by Gasteiger charge is -2.22. The lowest BCUT2D eigenvalue weighted by Crippen LogP contribution is -2.35. The Labute approximate surface area is 153 Å². The van der Waals surface area contributed by atoms with Gasteiger partial charge in [-0.15, -0.1) is 0 Å². The third kappa shape index (κ3) is 5.02. The highest BCUT2D eigenvalue weighted by Crippen LogP contribution is 2.22. The Hall–Kier alpha value is -2.47. The average molecular weight is 374 g/mol. The molecule has 0 amide bonds. The molecule has 0 heterocycles. The van der Waals surface area contributed by atoms with Gasteiger partial charge in [-0.1, -0.05) is 48.0 Å². The number of aryl methyl sites for hydroxylation is 1. The quantitative estimate of drug-likeness (QED) is 0.549. The van der Waals surface area contributed by atoms with Crippen LogP contribution in [0.25, 0.3) is 0 Å². The largest absolute Gasteiger partial charge is 0.462 e. The third-order valence-corrected chi connectivity index (χ3v) is 5.88. The number of Topliss-reactive ketones (excluding diaryl/α,β-unsaturated/α-hetero) is 1. The van der Waals surface area contributed by atoms with E-state index >= 15 is 0 Å². The van der Waals surface area contributed by atoms with Crippen molar-refractivity contribution in [3.63, 3.8) is 0 Å². The molecule has 0 aliphatic rings. The van der Waals surface area contributed by atoms with Crippen molar-refractivity contribution >= 4 is 21.6 Å². The first-order valence-electron chi connectivity index (χ1n) is 8.26. The molecule has 0 N–H and O–H groups in total. The summed E-state index contributed by atoms with van der Waals surface area (Å²) in [5, 5.41) is 0. The monoisotopic (exact) mass is 374 g/mol. The van der Waals surface area contributed by atoms with Gasteiger partial charge in [0.1, 0.15) is 6.10 Å². The summed E-state index contributed by atoms with van der Waals surface area (Å²) in [6.07, 6.45) is -0.861. The summed E-state index contributed by atoms with van der Waals surface area (Å²) in [6, 6.07) is 14.9. The number of ketones is 1. The molecule has 0 radical (unpaired) electrons. The number of carbonyl (C=O) groups is 2. The zero-order valence-electron chi connectivity index (χ0n) is 15.0. The summed E-state index contributed by atoms with van der Waals surface area (Å²) in [5.41, 5.74) is 1.32.